The van der Waals surface area contributed by atoms with Gasteiger partial charge in [0.25, 0.3) is 0 Å². The van der Waals surface area contributed by atoms with Crippen LogP contribution in [0.2, 0.25) is 0 Å². The average molecular weight is 308 g/mol. The Morgan fingerprint density at radius 3 is 2.50 bits per heavy atom. The highest BCUT2D eigenvalue weighted by Crippen LogP contribution is 2.18. The van der Waals surface area contributed by atoms with Crippen LogP contribution in [0.25, 0.3) is 0 Å². The summed E-state index contributed by atoms with van der Waals surface area (Å²) in [7, 11) is 0. The Morgan fingerprint density at radius 2 is 1.95 bits per heavy atom. The molecule has 1 aromatic carbocycles. The van der Waals surface area contributed by atoms with E-state index in [1.54, 1.807) is 0 Å². The smallest absolute Gasteiger partial charge is 0.326 e. The summed E-state index contributed by atoms with van der Waals surface area (Å²) in [6.45, 7) is 7.69. The zero-order chi connectivity index (χ0) is 16.7. The Morgan fingerprint density at radius 1 is 1.27 bits per heavy atom. The molecule has 0 aliphatic heterocycles. The number of hydrogen-bond donors (Lipinski definition) is 3. The van der Waals surface area contributed by atoms with Gasteiger partial charge >= 0.3 is 12.0 Å². The Hall–Kier alpha value is -2.24. The van der Waals surface area contributed by atoms with Crippen molar-refractivity contribution in [2.75, 3.05) is 6.73 Å². The van der Waals surface area contributed by atoms with Gasteiger partial charge in [0, 0.05) is 0 Å². The van der Waals surface area contributed by atoms with Crippen LogP contribution in [-0.4, -0.2) is 29.9 Å². The maximum absolute atomic E-state index is 11.7. The summed E-state index contributed by atoms with van der Waals surface area (Å²) in [5, 5.41) is 14.0. The summed E-state index contributed by atoms with van der Waals surface area (Å²) >= 11 is 0. The molecule has 0 aliphatic carbocycles. The molecule has 122 valence electrons. The number of ether oxygens (including phenoxy) is 1. The molecule has 0 fully saturated rings. The fraction of sp³-hybridized carbons (Fsp3) is 0.500. The Bertz CT molecular complexity index is 529. The highest BCUT2D eigenvalue weighted by atomic mass is 16.5. The molecule has 0 saturated heterocycles. The molecule has 1 aromatic rings. The van der Waals surface area contributed by atoms with Crippen LogP contribution in [0.4, 0.5) is 4.79 Å². The molecule has 0 saturated carbocycles. The van der Waals surface area contributed by atoms with Gasteiger partial charge in [0.05, 0.1) is 0 Å². The van der Waals surface area contributed by atoms with Gasteiger partial charge in [-0.05, 0) is 37.8 Å². The van der Waals surface area contributed by atoms with E-state index >= 15 is 0 Å². The molecule has 22 heavy (non-hydrogen) atoms. The molecule has 3 N–H and O–H groups in total. The van der Waals surface area contributed by atoms with Crippen LogP contribution in [-0.2, 0) is 4.79 Å². The van der Waals surface area contributed by atoms with E-state index in [1.807, 2.05) is 45.9 Å². The second kappa shape index (κ2) is 8.26. The normalized spacial score (nSPS) is 11.9. The number of carboxylic acids is 1. The van der Waals surface area contributed by atoms with Crippen LogP contribution in [0.1, 0.15) is 31.4 Å². The van der Waals surface area contributed by atoms with Crippen LogP contribution in [0.3, 0.4) is 0 Å². The molecular formula is C16H24N2O4. The van der Waals surface area contributed by atoms with E-state index in [9.17, 15) is 9.59 Å². The number of rotatable bonds is 7. The largest absolute Gasteiger partial charge is 0.480 e. The predicted octanol–water partition coefficient (Wildman–Crippen LogP) is 2.44. The summed E-state index contributed by atoms with van der Waals surface area (Å²) in [4.78, 5) is 22.8. The number of hydrogen-bond acceptors (Lipinski definition) is 3. The Kier molecular flexibility index (Phi) is 6.69. The molecule has 1 unspecified atom stereocenters. The zero-order valence-electron chi connectivity index (χ0n) is 13.5. The Labute approximate surface area is 130 Å². The second-order valence-electron chi connectivity index (χ2n) is 5.73. The summed E-state index contributed by atoms with van der Waals surface area (Å²) in [5.74, 6) is -0.185. The standard InChI is InChI=1S/C16H24N2O4/c1-10(2)7-13(15(19)20)18-16(21)17-9-22-14-6-5-11(3)8-12(14)4/h5-6,8,10,13H,7,9H2,1-4H3,(H,19,20)(H2,17,18,21). The molecule has 6 heteroatoms. The van der Waals surface area contributed by atoms with Gasteiger partial charge in [-0.3, -0.25) is 0 Å². The second-order valence-corrected chi connectivity index (χ2v) is 5.73. The van der Waals surface area contributed by atoms with Crippen molar-refractivity contribution in [1.82, 2.24) is 10.6 Å². The quantitative estimate of drug-likeness (QED) is 0.675. The number of amides is 2. The van der Waals surface area contributed by atoms with Crippen molar-refractivity contribution in [3.63, 3.8) is 0 Å². The van der Waals surface area contributed by atoms with Crippen LogP contribution < -0.4 is 15.4 Å². The molecule has 0 spiro atoms. The highest BCUT2D eigenvalue weighted by Gasteiger charge is 2.20. The average Bonchev–Trinajstić information content (AvgIpc) is 2.40. The van der Waals surface area contributed by atoms with Crippen molar-refractivity contribution in [3.8, 4) is 5.75 Å². The first kappa shape index (κ1) is 17.8. The first-order chi connectivity index (χ1) is 10.3. The number of benzene rings is 1. The topological polar surface area (TPSA) is 87.7 Å². The van der Waals surface area contributed by atoms with Gasteiger partial charge in [-0.25, -0.2) is 9.59 Å². The van der Waals surface area contributed by atoms with Gasteiger partial charge in [-0.2, -0.15) is 0 Å². The lowest BCUT2D eigenvalue weighted by Gasteiger charge is -2.17. The van der Waals surface area contributed by atoms with Crippen LogP contribution in [0.15, 0.2) is 18.2 Å². The van der Waals surface area contributed by atoms with Crippen molar-refractivity contribution in [2.45, 2.75) is 40.2 Å². The summed E-state index contributed by atoms with van der Waals surface area (Å²) < 4.78 is 5.47. The van der Waals surface area contributed by atoms with Gasteiger partial charge in [0.1, 0.15) is 11.8 Å². The highest BCUT2D eigenvalue weighted by molar-refractivity contribution is 5.82. The zero-order valence-corrected chi connectivity index (χ0v) is 13.5. The maximum atomic E-state index is 11.7. The molecule has 0 aromatic heterocycles. The molecular weight excluding hydrogens is 284 g/mol. The first-order valence-corrected chi connectivity index (χ1v) is 7.26. The van der Waals surface area contributed by atoms with Crippen molar-refractivity contribution in [3.05, 3.63) is 29.3 Å². The van der Waals surface area contributed by atoms with E-state index in [-0.39, 0.29) is 12.6 Å². The molecule has 1 rings (SSSR count). The fourth-order valence-corrected chi connectivity index (χ4v) is 2.04. The maximum Gasteiger partial charge on any atom is 0.326 e. The van der Waals surface area contributed by atoms with Gasteiger partial charge in [0.2, 0.25) is 0 Å². The number of urea groups is 1. The Balaban J connectivity index is 2.43. The third-order valence-corrected chi connectivity index (χ3v) is 3.10. The number of carbonyl (C=O) groups excluding carboxylic acids is 1. The number of aliphatic carboxylic acids is 1. The van der Waals surface area contributed by atoms with E-state index in [2.05, 4.69) is 10.6 Å². The number of carboxylic acid groups (broad SMARTS) is 1. The third-order valence-electron chi connectivity index (χ3n) is 3.10. The van der Waals surface area contributed by atoms with E-state index < -0.39 is 18.0 Å². The van der Waals surface area contributed by atoms with Gasteiger partial charge in [0.15, 0.2) is 6.73 Å². The third kappa shape index (κ3) is 6.03. The van der Waals surface area contributed by atoms with Crippen molar-refractivity contribution in [2.24, 2.45) is 5.92 Å². The summed E-state index contributed by atoms with van der Waals surface area (Å²) in [6.07, 6.45) is 0.376. The van der Waals surface area contributed by atoms with Crippen molar-refractivity contribution in [1.29, 1.82) is 0 Å². The molecule has 1 atom stereocenters. The lowest BCUT2D eigenvalue weighted by molar-refractivity contribution is -0.139. The number of carbonyl (C=O) groups is 2. The van der Waals surface area contributed by atoms with Crippen LogP contribution in [0, 0.1) is 19.8 Å². The molecule has 0 aliphatic rings. The van der Waals surface area contributed by atoms with E-state index in [0.29, 0.717) is 12.2 Å². The van der Waals surface area contributed by atoms with Gasteiger partial charge < -0.3 is 20.5 Å². The number of aryl methyl sites for hydroxylation is 2. The minimum Gasteiger partial charge on any atom is -0.480 e. The minimum atomic E-state index is -1.04. The number of nitrogens with one attached hydrogen (secondary N) is 2. The van der Waals surface area contributed by atoms with Gasteiger partial charge in [-0.1, -0.05) is 31.5 Å². The monoisotopic (exact) mass is 308 g/mol. The molecule has 6 nitrogen and oxygen atoms in total. The predicted molar refractivity (Wildman–Crippen MR) is 84.0 cm³/mol. The molecule has 2 amide bonds. The lowest BCUT2D eigenvalue weighted by atomic mass is 10.0. The van der Waals surface area contributed by atoms with E-state index in [1.165, 1.54) is 0 Å². The van der Waals surface area contributed by atoms with Crippen LogP contribution in [0.5, 0.6) is 5.75 Å². The summed E-state index contributed by atoms with van der Waals surface area (Å²) in [5.41, 5.74) is 2.11. The van der Waals surface area contributed by atoms with Gasteiger partial charge in [-0.15, -0.1) is 0 Å². The van der Waals surface area contributed by atoms with E-state index in [0.717, 1.165) is 11.1 Å². The fourth-order valence-electron chi connectivity index (χ4n) is 2.04. The molecule has 0 bridgehead atoms. The molecule has 0 heterocycles. The lowest BCUT2D eigenvalue weighted by Crippen LogP contribution is -2.47. The SMILES string of the molecule is Cc1ccc(OCNC(=O)NC(CC(C)C)C(=O)O)c(C)c1. The first-order valence-electron chi connectivity index (χ1n) is 7.26. The minimum absolute atomic E-state index is 0.0241. The van der Waals surface area contributed by atoms with Crippen LogP contribution >= 0.6 is 0 Å². The molecule has 0 radical (unpaired) electrons. The van der Waals surface area contributed by atoms with E-state index in [4.69, 9.17) is 9.84 Å². The van der Waals surface area contributed by atoms with Crippen molar-refractivity contribution >= 4 is 12.0 Å². The van der Waals surface area contributed by atoms with Crippen molar-refractivity contribution < 1.29 is 19.4 Å². The summed E-state index contributed by atoms with van der Waals surface area (Å²) in [6, 6.07) is 4.28.